The number of para-hydroxylation sites is 1. The van der Waals surface area contributed by atoms with Crippen molar-refractivity contribution in [2.75, 3.05) is 11.6 Å². The molecular formula is C10H10N2O2S. The van der Waals surface area contributed by atoms with Crippen LogP contribution in [0.1, 0.15) is 0 Å². The molecule has 0 saturated carbocycles. The van der Waals surface area contributed by atoms with Gasteiger partial charge in [0.1, 0.15) is 0 Å². The van der Waals surface area contributed by atoms with E-state index in [1.54, 1.807) is 24.3 Å². The number of nitrogens with zero attached hydrogens (tertiary/aromatic N) is 2. The number of anilines is 1. The molecule has 1 heterocycles. The second-order valence-electron chi connectivity index (χ2n) is 2.97. The second kappa shape index (κ2) is 4.37. The first-order chi connectivity index (χ1) is 7.29. The highest BCUT2D eigenvalue weighted by molar-refractivity contribution is 8.00. The van der Waals surface area contributed by atoms with Gasteiger partial charge in [-0.15, -0.1) is 0 Å². The van der Waals surface area contributed by atoms with E-state index in [9.17, 15) is 10.0 Å². The molecule has 15 heavy (non-hydrogen) atoms. The van der Waals surface area contributed by atoms with Crippen LogP contribution < -0.4 is 5.06 Å². The van der Waals surface area contributed by atoms with Crippen LogP contribution in [0.4, 0.5) is 10.5 Å². The smallest absolute Gasteiger partial charge is 0.280 e. The monoisotopic (exact) mass is 222 g/mol. The van der Waals surface area contributed by atoms with E-state index < -0.39 is 6.03 Å². The van der Waals surface area contributed by atoms with Gasteiger partial charge < -0.3 is 0 Å². The van der Waals surface area contributed by atoms with E-state index >= 15 is 0 Å². The number of amides is 2. The lowest BCUT2D eigenvalue weighted by atomic mass is 10.3. The Labute approximate surface area is 91.9 Å². The predicted molar refractivity (Wildman–Crippen MR) is 59.5 cm³/mol. The Morgan fingerprint density at radius 1 is 1.40 bits per heavy atom. The SMILES string of the molecule is O=C(N1CC=CS1)N(O)c1ccccc1. The van der Waals surface area contributed by atoms with Crippen molar-refractivity contribution in [2.45, 2.75) is 0 Å². The topological polar surface area (TPSA) is 43.8 Å². The minimum Gasteiger partial charge on any atom is -0.280 e. The number of urea groups is 1. The predicted octanol–water partition coefficient (Wildman–Crippen LogP) is 2.48. The van der Waals surface area contributed by atoms with Gasteiger partial charge in [0.15, 0.2) is 0 Å². The Morgan fingerprint density at radius 3 is 2.73 bits per heavy atom. The summed E-state index contributed by atoms with van der Waals surface area (Å²) in [4.78, 5) is 11.7. The average molecular weight is 222 g/mol. The van der Waals surface area contributed by atoms with E-state index in [4.69, 9.17) is 0 Å². The Hall–Kier alpha value is -1.46. The standard InChI is InChI=1S/C10H10N2O2S/c13-10(11-7-4-8-15-11)12(14)9-5-2-1-3-6-9/h1-6,8,14H,7H2. The molecule has 0 fully saturated rings. The summed E-state index contributed by atoms with van der Waals surface area (Å²) in [6, 6.07) is 8.27. The molecule has 1 aliphatic rings. The molecule has 0 aromatic heterocycles. The van der Waals surface area contributed by atoms with Crippen molar-refractivity contribution in [3.8, 4) is 0 Å². The summed E-state index contributed by atoms with van der Waals surface area (Å²) < 4.78 is 1.47. The van der Waals surface area contributed by atoms with Gasteiger partial charge in [0, 0.05) is 0 Å². The molecular weight excluding hydrogens is 212 g/mol. The molecule has 2 rings (SSSR count). The fourth-order valence-corrected chi connectivity index (χ4v) is 1.87. The summed E-state index contributed by atoms with van der Waals surface area (Å²) in [5, 5.41) is 12.1. The van der Waals surface area contributed by atoms with Gasteiger partial charge in [0.2, 0.25) is 0 Å². The molecule has 2 amide bonds. The third-order valence-electron chi connectivity index (χ3n) is 1.95. The minimum atomic E-state index is -0.434. The molecule has 5 heteroatoms. The highest BCUT2D eigenvalue weighted by Crippen LogP contribution is 2.22. The van der Waals surface area contributed by atoms with Crippen molar-refractivity contribution in [3.05, 3.63) is 41.8 Å². The van der Waals surface area contributed by atoms with Gasteiger partial charge in [-0.2, -0.15) is 5.06 Å². The van der Waals surface area contributed by atoms with Crippen LogP contribution >= 0.6 is 11.9 Å². The molecule has 0 saturated heterocycles. The van der Waals surface area contributed by atoms with Crippen LogP contribution in [0.15, 0.2) is 41.8 Å². The maximum absolute atomic E-state index is 11.7. The second-order valence-corrected chi connectivity index (χ2v) is 3.89. The molecule has 0 atom stereocenters. The van der Waals surface area contributed by atoms with Crippen LogP contribution in [0.25, 0.3) is 0 Å². The zero-order valence-electron chi connectivity index (χ0n) is 7.91. The van der Waals surface area contributed by atoms with Gasteiger partial charge in [-0.05, 0) is 29.5 Å². The molecule has 0 aliphatic carbocycles. The summed E-state index contributed by atoms with van der Waals surface area (Å²) >= 11 is 1.28. The van der Waals surface area contributed by atoms with E-state index in [1.165, 1.54) is 16.3 Å². The number of hydrogen-bond acceptors (Lipinski definition) is 3. The van der Waals surface area contributed by atoms with Crippen molar-refractivity contribution < 1.29 is 10.0 Å². The van der Waals surface area contributed by atoms with Crippen molar-refractivity contribution in [3.63, 3.8) is 0 Å². The van der Waals surface area contributed by atoms with Crippen LogP contribution in [-0.4, -0.2) is 22.1 Å². The van der Waals surface area contributed by atoms with E-state index in [1.807, 2.05) is 17.6 Å². The molecule has 0 spiro atoms. The first-order valence-corrected chi connectivity index (χ1v) is 5.30. The van der Waals surface area contributed by atoms with Crippen LogP contribution in [0, 0.1) is 0 Å². The third kappa shape index (κ3) is 2.14. The molecule has 78 valence electrons. The number of carbonyl (C=O) groups is 1. The first-order valence-electron chi connectivity index (χ1n) is 4.46. The highest BCUT2D eigenvalue weighted by Gasteiger charge is 2.22. The zero-order valence-corrected chi connectivity index (χ0v) is 8.72. The van der Waals surface area contributed by atoms with E-state index in [0.717, 1.165) is 0 Å². The van der Waals surface area contributed by atoms with Gasteiger partial charge >= 0.3 is 6.03 Å². The number of benzene rings is 1. The fraction of sp³-hybridized carbons (Fsp3) is 0.100. The van der Waals surface area contributed by atoms with Crippen molar-refractivity contribution in [1.29, 1.82) is 0 Å². The number of rotatable bonds is 1. The van der Waals surface area contributed by atoms with Gasteiger partial charge in [0.05, 0.1) is 12.2 Å². The fourth-order valence-electron chi connectivity index (χ4n) is 1.21. The zero-order chi connectivity index (χ0) is 10.7. The van der Waals surface area contributed by atoms with Crippen LogP contribution in [0.2, 0.25) is 0 Å². The van der Waals surface area contributed by atoms with Crippen molar-refractivity contribution in [1.82, 2.24) is 4.31 Å². The van der Waals surface area contributed by atoms with Gasteiger partial charge in [0.25, 0.3) is 0 Å². The lowest BCUT2D eigenvalue weighted by Gasteiger charge is -2.20. The number of hydroxylamine groups is 1. The van der Waals surface area contributed by atoms with Crippen LogP contribution in [0.5, 0.6) is 0 Å². The Kier molecular flexibility index (Phi) is 2.94. The van der Waals surface area contributed by atoms with E-state index in [-0.39, 0.29) is 0 Å². The van der Waals surface area contributed by atoms with Crippen molar-refractivity contribution >= 4 is 23.7 Å². The number of carbonyl (C=O) groups excluding carboxylic acids is 1. The molecule has 1 aromatic rings. The number of hydrogen-bond donors (Lipinski definition) is 1. The summed E-state index contributed by atoms with van der Waals surface area (Å²) in [7, 11) is 0. The summed E-state index contributed by atoms with van der Waals surface area (Å²) in [6.07, 6.45) is 1.86. The molecule has 0 unspecified atom stereocenters. The van der Waals surface area contributed by atoms with E-state index in [2.05, 4.69) is 0 Å². The van der Waals surface area contributed by atoms with Crippen LogP contribution in [-0.2, 0) is 0 Å². The maximum Gasteiger partial charge on any atom is 0.359 e. The van der Waals surface area contributed by atoms with E-state index in [0.29, 0.717) is 17.3 Å². The lowest BCUT2D eigenvalue weighted by molar-refractivity contribution is 0.193. The van der Waals surface area contributed by atoms with Crippen LogP contribution in [0.3, 0.4) is 0 Å². The Bertz CT molecular complexity index is 372. The molecule has 4 nitrogen and oxygen atoms in total. The summed E-state index contributed by atoms with van der Waals surface area (Å²) in [5.41, 5.74) is 0.468. The quantitative estimate of drug-likeness (QED) is 0.451. The molecule has 0 radical (unpaired) electrons. The average Bonchev–Trinajstić information content (AvgIpc) is 2.82. The lowest BCUT2D eigenvalue weighted by Crippen LogP contribution is -2.36. The first kappa shape index (κ1) is 10.1. The summed E-state index contributed by atoms with van der Waals surface area (Å²) in [5.74, 6) is 0. The maximum atomic E-state index is 11.7. The van der Waals surface area contributed by atoms with Gasteiger partial charge in [-0.1, -0.05) is 24.3 Å². The molecule has 0 bridgehead atoms. The summed E-state index contributed by atoms with van der Waals surface area (Å²) in [6.45, 7) is 0.521. The molecule has 1 aromatic carbocycles. The van der Waals surface area contributed by atoms with Gasteiger partial charge in [-0.3, -0.25) is 9.51 Å². The molecule has 1 N–H and O–H groups in total. The molecule has 1 aliphatic heterocycles. The Balaban J connectivity index is 2.08. The third-order valence-corrected chi connectivity index (χ3v) is 2.82. The largest absolute Gasteiger partial charge is 0.359 e. The normalized spacial score (nSPS) is 14.3. The minimum absolute atomic E-state index is 0.434. The van der Waals surface area contributed by atoms with Crippen molar-refractivity contribution in [2.24, 2.45) is 0 Å². The van der Waals surface area contributed by atoms with Gasteiger partial charge in [-0.25, -0.2) is 4.79 Å². The Morgan fingerprint density at radius 2 is 2.13 bits per heavy atom. The highest BCUT2D eigenvalue weighted by atomic mass is 32.2.